The minimum absolute atomic E-state index is 0.220. The van der Waals surface area contributed by atoms with Gasteiger partial charge in [-0.05, 0) is 36.0 Å². The first-order valence-electron chi connectivity index (χ1n) is 4.35. The van der Waals surface area contributed by atoms with Gasteiger partial charge in [0.2, 0.25) is 0 Å². The Morgan fingerprint density at radius 3 is 2.73 bits per heavy atom. The number of hydrogen-bond acceptors (Lipinski definition) is 3. The van der Waals surface area contributed by atoms with Gasteiger partial charge >= 0.3 is 0 Å². The average molecular weight is 219 g/mol. The van der Waals surface area contributed by atoms with E-state index < -0.39 is 0 Å². The summed E-state index contributed by atoms with van der Waals surface area (Å²) in [5.41, 5.74) is 7.57. The zero-order chi connectivity index (χ0) is 10.8. The minimum Gasteiger partial charge on any atom is -0.399 e. The number of nitrogens with two attached hydrogens (primary N) is 1. The highest BCUT2D eigenvalue weighted by Gasteiger charge is 2.19. The first-order valence-corrected chi connectivity index (χ1v) is 4.75. The summed E-state index contributed by atoms with van der Waals surface area (Å²) in [6, 6.07) is 7.25. The van der Waals surface area contributed by atoms with Crippen LogP contribution in [0.3, 0.4) is 0 Å². The zero-order valence-electron chi connectivity index (χ0n) is 7.78. The molecule has 0 spiro atoms. The van der Waals surface area contributed by atoms with E-state index in [-0.39, 0.29) is 5.91 Å². The Morgan fingerprint density at radius 2 is 2.13 bits per heavy atom. The first-order chi connectivity index (χ1) is 7.15. The number of carbonyl (C=O) groups excluding carboxylic acids is 1. The Labute approximate surface area is 92.2 Å². The molecule has 4 nitrogen and oxygen atoms in total. The Morgan fingerprint density at radius 1 is 1.33 bits per heavy atom. The van der Waals surface area contributed by atoms with Crippen LogP contribution in [0.5, 0.6) is 0 Å². The normalized spacial score (nSPS) is 17.7. The molecule has 0 saturated carbocycles. The van der Waals surface area contributed by atoms with Gasteiger partial charge in [0, 0.05) is 5.69 Å². The fourth-order valence-corrected chi connectivity index (χ4v) is 1.50. The molecule has 1 aliphatic rings. The Bertz CT molecular complexity index is 467. The maximum atomic E-state index is 11.3. The summed E-state index contributed by atoms with van der Waals surface area (Å²) < 4.78 is 0. The van der Waals surface area contributed by atoms with Gasteiger partial charge in [0.1, 0.15) is 5.70 Å². The van der Waals surface area contributed by atoms with Gasteiger partial charge in [-0.3, -0.25) is 10.1 Å². The van der Waals surface area contributed by atoms with Crippen LogP contribution in [-0.4, -0.2) is 11.0 Å². The number of nitrogen functional groups attached to an aromatic ring is 1. The second-order valence-corrected chi connectivity index (χ2v) is 3.54. The van der Waals surface area contributed by atoms with Crippen LogP contribution < -0.4 is 16.4 Å². The second-order valence-electron chi connectivity index (χ2n) is 3.14. The van der Waals surface area contributed by atoms with Crippen LogP contribution in [0.15, 0.2) is 30.0 Å². The molecule has 4 N–H and O–H groups in total. The number of carbonyl (C=O) groups is 1. The third-order valence-corrected chi connectivity index (χ3v) is 2.15. The van der Waals surface area contributed by atoms with Gasteiger partial charge in [0.05, 0.1) is 0 Å². The van der Waals surface area contributed by atoms with Crippen molar-refractivity contribution in [2.24, 2.45) is 0 Å². The van der Waals surface area contributed by atoms with E-state index >= 15 is 0 Å². The molecule has 1 aliphatic heterocycles. The number of benzene rings is 1. The van der Waals surface area contributed by atoms with Crippen LogP contribution in [0.4, 0.5) is 5.69 Å². The maximum absolute atomic E-state index is 11.3. The summed E-state index contributed by atoms with van der Waals surface area (Å²) in [5.74, 6) is -0.220. The summed E-state index contributed by atoms with van der Waals surface area (Å²) in [6.45, 7) is 0. The number of hydrogen-bond donors (Lipinski definition) is 3. The average Bonchev–Trinajstić information content (AvgIpc) is 2.45. The van der Waals surface area contributed by atoms with Crippen molar-refractivity contribution in [1.29, 1.82) is 0 Å². The lowest BCUT2D eigenvalue weighted by Gasteiger charge is -1.97. The van der Waals surface area contributed by atoms with Crippen molar-refractivity contribution in [1.82, 2.24) is 10.6 Å². The standard InChI is InChI=1S/C10H9N3OS/c11-7-3-1-2-6(4-7)5-8-9(14)13-10(15)12-8/h1-5H,11H2,(H2,12,13,14,15)/b8-5-. The van der Waals surface area contributed by atoms with Crippen LogP contribution in [0.1, 0.15) is 5.56 Å². The largest absolute Gasteiger partial charge is 0.399 e. The van der Waals surface area contributed by atoms with E-state index in [4.69, 9.17) is 18.0 Å². The highest BCUT2D eigenvalue weighted by atomic mass is 32.1. The van der Waals surface area contributed by atoms with Crippen LogP contribution in [0.2, 0.25) is 0 Å². The summed E-state index contributed by atoms with van der Waals surface area (Å²) in [7, 11) is 0. The van der Waals surface area contributed by atoms with E-state index in [2.05, 4.69) is 10.6 Å². The van der Waals surface area contributed by atoms with Crippen molar-refractivity contribution in [3.8, 4) is 0 Å². The van der Waals surface area contributed by atoms with Crippen molar-refractivity contribution in [2.75, 3.05) is 5.73 Å². The molecule has 0 aromatic heterocycles. The van der Waals surface area contributed by atoms with Crippen molar-refractivity contribution in [3.05, 3.63) is 35.5 Å². The molecule has 1 saturated heterocycles. The molecule has 1 aromatic rings. The minimum atomic E-state index is -0.220. The highest BCUT2D eigenvalue weighted by Crippen LogP contribution is 2.11. The van der Waals surface area contributed by atoms with E-state index in [9.17, 15) is 4.79 Å². The van der Waals surface area contributed by atoms with E-state index in [0.717, 1.165) is 5.56 Å². The van der Waals surface area contributed by atoms with Gasteiger partial charge < -0.3 is 11.1 Å². The Kier molecular flexibility index (Phi) is 2.39. The number of thiocarbonyl (C=S) groups is 1. The van der Waals surface area contributed by atoms with E-state index in [0.29, 0.717) is 16.5 Å². The number of rotatable bonds is 1. The van der Waals surface area contributed by atoms with Crippen LogP contribution in [-0.2, 0) is 4.79 Å². The molecule has 2 rings (SSSR count). The lowest BCUT2D eigenvalue weighted by molar-refractivity contribution is -0.115. The molecule has 0 aliphatic carbocycles. The molecule has 5 heteroatoms. The molecule has 0 radical (unpaired) electrons. The molecular weight excluding hydrogens is 210 g/mol. The van der Waals surface area contributed by atoms with E-state index in [1.54, 1.807) is 18.2 Å². The lowest BCUT2D eigenvalue weighted by atomic mass is 10.1. The molecule has 0 atom stereocenters. The lowest BCUT2D eigenvalue weighted by Crippen LogP contribution is -2.21. The quantitative estimate of drug-likeness (QED) is 0.368. The molecule has 0 unspecified atom stereocenters. The van der Waals surface area contributed by atoms with Gasteiger partial charge in [-0.15, -0.1) is 0 Å². The van der Waals surface area contributed by atoms with E-state index in [1.165, 1.54) is 0 Å². The topological polar surface area (TPSA) is 67.2 Å². The van der Waals surface area contributed by atoms with Crippen molar-refractivity contribution >= 4 is 35.0 Å². The van der Waals surface area contributed by atoms with Gasteiger partial charge in [0.25, 0.3) is 5.91 Å². The zero-order valence-corrected chi connectivity index (χ0v) is 8.60. The van der Waals surface area contributed by atoms with Gasteiger partial charge in [-0.1, -0.05) is 12.1 Å². The maximum Gasteiger partial charge on any atom is 0.273 e. The first kappa shape index (κ1) is 9.67. The molecule has 1 fully saturated rings. The number of anilines is 1. The van der Waals surface area contributed by atoms with E-state index in [1.807, 2.05) is 12.1 Å². The van der Waals surface area contributed by atoms with Crippen LogP contribution >= 0.6 is 12.2 Å². The SMILES string of the molecule is Nc1cccc(/C=C2\NC(=S)NC2=O)c1. The summed E-state index contributed by atoms with van der Waals surface area (Å²) >= 11 is 4.81. The summed E-state index contributed by atoms with van der Waals surface area (Å²) in [4.78, 5) is 11.3. The molecule has 15 heavy (non-hydrogen) atoms. The number of nitrogens with one attached hydrogen (secondary N) is 2. The van der Waals surface area contributed by atoms with Gasteiger partial charge in [0.15, 0.2) is 5.11 Å². The third-order valence-electron chi connectivity index (χ3n) is 1.94. The highest BCUT2D eigenvalue weighted by molar-refractivity contribution is 7.80. The molecule has 1 heterocycles. The van der Waals surface area contributed by atoms with Crippen LogP contribution in [0, 0.1) is 0 Å². The molecule has 1 amide bonds. The predicted octanol–water partition coefficient (Wildman–Crippen LogP) is 0.614. The Balaban J connectivity index is 2.31. The van der Waals surface area contributed by atoms with Crippen LogP contribution in [0.25, 0.3) is 6.08 Å². The molecular formula is C10H9N3OS. The molecule has 0 bridgehead atoms. The fraction of sp³-hybridized carbons (Fsp3) is 0. The smallest absolute Gasteiger partial charge is 0.273 e. The molecule has 76 valence electrons. The van der Waals surface area contributed by atoms with Gasteiger partial charge in [-0.25, -0.2) is 0 Å². The Hall–Kier alpha value is -1.88. The fourth-order valence-electron chi connectivity index (χ4n) is 1.30. The number of amides is 1. The second kappa shape index (κ2) is 3.70. The summed E-state index contributed by atoms with van der Waals surface area (Å²) in [6.07, 6.45) is 1.70. The summed E-state index contributed by atoms with van der Waals surface area (Å²) in [5, 5.41) is 5.58. The molecule has 1 aromatic carbocycles. The van der Waals surface area contributed by atoms with Crippen molar-refractivity contribution in [3.63, 3.8) is 0 Å². The van der Waals surface area contributed by atoms with Crippen molar-refractivity contribution in [2.45, 2.75) is 0 Å². The predicted molar refractivity (Wildman–Crippen MR) is 62.7 cm³/mol. The third kappa shape index (κ3) is 2.13. The monoisotopic (exact) mass is 219 g/mol. The van der Waals surface area contributed by atoms with Crippen molar-refractivity contribution < 1.29 is 4.79 Å². The van der Waals surface area contributed by atoms with Gasteiger partial charge in [-0.2, -0.15) is 0 Å².